The molecule has 1 saturated heterocycles. The molecule has 0 radical (unpaired) electrons. The number of nitrogens with two attached hydrogens (primary N) is 1. The maximum Gasteiger partial charge on any atom is 0.0373 e. The summed E-state index contributed by atoms with van der Waals surface area (Å²) in [6.07, 6.45) is 20.0. The van der Waals surface area contributed by atoms with Crippen molar-refractivity contribution in [1.82, 2.24) is 10.2 Å². The third-order valence-corrected chi connectivity index (χ3v) is 10.2. The summed E-state index contributed by atoms with van der Waals surface area (Å²) in [5, 5.41) is 4.39. The Labute approximate surface area is 227 Å². The Morgan fingerprint density at radius 2 is 1.89 bits per heavy atom. The Kier molecular flexibility index (Phi) is 10.2. The Hall–Kier alpha value is -0.610. The van der Waals surface area contributed by atoms with E-state index in [-0.39, 0.29) is 0 Å². The molecular formula is C32H54ClN3. The number of alkyl halides is 1. The number of likely N-dealkylation sites (tertiary alicyclic amines) is 1. The van der Waals surface area contributed by atoms with Gasteiger partial charge < -0.3 is 16.0 Å². The predicted molar refractivity (Wildman–Crippen MR) is 156 cm³/mol. The van der Waals surface area contributed by atoms with Crippen LogP contribution < -0.4 is 11.1 Å². The highest BCUT2D eigenvalue weighted by Gasteiger charge is 2.39. The highest BCUT2D eigenvalue weighted by atomic mass is 35.5. The second kappa shape index (κ2) is 13.0. The molecule has 4 heteroatoms. The third-order valence-electron chi connectivity index (χ3n) is 9.76. The quantitative estimate of drug-likeness (QED) is 0.254. The van der Waals surface area contributed by atoms with Crippen molar-refractivity contribution in [2.24, 2.45) is 34.8 Å². The van der Waals surface area contributed by atoms with Gasteiger partial charge >= 0.3 is 0 Å². The number of nitrogens with one attached hydrogen (secondary N) is 1. The molecule has 3 N–H and O–H groups in total. The van der Waals surface area contributed by atoms with Crippen LogP contribution in [0.15, 0.2) is 34.9 Å². The van der Waals surface area contributed by atoms with Crippen molar-refractivity contribution < 1.29 is 0 Å². The van der Waals surface area contributed by atoms with Gasteiger partial charge in [-0.15, -0.1) is 11.6 Å². The fourth-order valence-corrected chi connectivity index (χ4v) is 7.57. The largest absolute Gasteiger partial charge is 0.330 e. The molecule has 1 fully saturated rings. The predicted octanol–water partition coefficient (Wildman–Crippen LogP) is 7.08. The van der Waals surface area contributed by atoms with E-state index < -0.39 is 0 Å². The molecule has 0 saturated carbocycles. The van der Waals surface area contributed by atoms with Crippen molar-refractivity contribution in [2.45, 2.75) is 103 Å². The first-order valence-electron chi connectivity index (χ1n) is 15.1. The van der Waals surface area contributed by atoms with Crippen molar-refractivity contribution in [3.05, 3.63) is 34.9 Å². The van der Waals surface area contributed by atoms with Crippen LogP contribution in [0.3, 0.4) is 0 Å². The summed E-state index contributed by atoms with van der Waals surface area (Å²) in [7, 11) is 0. The summed E-state index contributed by atoms with van der Waals surface area (Å²) in [6, 6.07) is 0.557. The molecule has 204 valence electrons. The van der Waals surface area contributed by atoms with Crippen LogP contribution in [-0.2, 0) is 0 Å². The number of allylic oxidation sites excluding steroid dienone is 5. The van der Waals surface area contributed by atoms with Crippen molar-refractivity contribution >= 4 is 11.6 Å². The molecule has 0 bridgehead atoms. The monoisotopic (exact) mass is 515 g/mol. The smallest absolute Gasteiger partial charge is 0.0373 e. The van der Waals surface area contributed by atoms with Crippen molar-refractivity contribution in [1.29, 1.82) is 0 Å². The zero-order valence-electron chi connectivity index (χ0n) is 23.7. The molecule has 3 aliphatic carbocycles. The minimum atomic E-state index is 0.336. The Morgan fingerprint density at radius 3 is 2.53 bits per heavy atom. The van der Waals surface area contributed by atoms with Crippen molar-refractivity contribution in [3.63, 3.8) is 0 Å². The zero-order chi connectivity index (χ0) is 25.7. The lowest BCUT2D eigenvalue weighted by Crippen LogP contribution is -2.52. The summed E-state index contributed by atoms with van der Waals surface area (Å²) in [5.74, 6) is 2.75. The van der Waals surface area contributed by atoms with Gasteiger partial charge in [-0.1, -0.05) is 51.5 Å². The highest BCUT2D eigenvalue weighted by Crippen LogP contribution is 2.43. The molecule has 3 nitrogen and oxygen atoms in total. The van der Waals surface area contributed by atoms with Gasteiger partial charge in [-0.05, 0) is 118 Å². The maximum atomic E-state index is 6.38. The molecule has 4 rings (SSSR count). The molecule has 0 aromatic heterocycles. The van der Waals surface area contributed by atoms with Gasteiger partial charge in [-0.25, -0.2) is 0 Å². The van der Waals surface area contributed by atoms with Crippen molar-refractivity contribution in [2.75, 3.05) is 32.7 Å². The van der Waals surface area contributed by atoms with Crippen LogP contribution in [0, 0.1) is 29.1 Å². The van der Waals surface area contributed by atoms with Crippen LogP contribution in [0.25, 0.3) is 0 Å². The number of halogens is 1. The van der Waals surface area contributed by atoms with Crippen LogP contribution in [0.2, 0.25) is 0 Å². The van der Waals surface area contributed by atoms with Gasteiger partial charge in [0.2, 0.25) is 0 Å². The van der Waals surface area contributed by atoms with E-state index in [2.05, 4.69) is 56.1 Å². The molecule has 5 atom stereocenters. The molecule has 0 aromatic carbocycles. The zero-order valence-corrected chi connectivity index (χ0v) is 24.5. The van der Waals surface area contributed by atoms with E-state index in [1.54, 1.807) is 16.7 Å². The first-order valence-corrected chi connectivity index (χ1v) is 15.6. The molecule has 1 heterocycles. The molecule has 0 aromatic rings. The molecule has 1 aliphatic heterocycles. The Morgan fingerprint density at radius 1 is 1.06 bits per heavy atom. The first-order chi connectivity index (χ1) is 17.2. The van der Waals surface area contributed by atoms with Gasteiger partial charge in [0.25, 0.3) is 0 Å². The first kappa shape index (κ1) is 28.4. The van der Waals surface area contributed by atoms with Gasteiger partial charge in [-0.3, -0.25) is 0 Å². The lowest BCUT2D eigenvalue weighted by atomic mass is 9.68. The van der Waals surface area contributed by atoms with Crippen LogP contribution in [-0.4, -0.2) is 49.0 Å². The number of piperidine rings is 1. The number of rotatable bonds is 9. The minimum absolute atomic E-state index is 0.336. The lowest BCUT2D eigenvalue weighted by Gasteiger charge is -2.47. The summed E-state index contributed by atoms with van der Waals surface area (Å²) in [6.45, 7) is 15.4. The summed E-state index contributed by atoms with van der Waals surface area (Å²) >= 11 is 6.38. The third kappa shape index (κ3) is 7.49. The van der Waals surface area contributed by atoms with E-state index in [0.717, 1.165) is 31.8 Å². The van der Waals surface area contributed by atoms with Gasteiger partial charge in [0.15, 0.2) is 0 Å². The topological polar surface area (TPSA) is 41.3 Å². The highest BCUT2D eigenvalue weighted by molar-refractivity contribution is 6.20. The average Bonchev–Trinajstić information content (AvgIpc) is 2.87. The standard InChI is InChI=1S/C32H54ClN3/c1-23(2)31(21-36-17-16-30(32(3,4)22-36)27-12-14-29(33)15-13-27)35-20-25-6-5-7-28(18-25)26-10-8-24(19-34)9-11-26/h10,12,18,23-25,29-31,35H,5-9,11,13-17,19-22,34H2,1-4H3/t24?,25?,29?,30-,31+/m1/s1. The molecule has 3 unspecified atom stereocenters. The lowest BCUT2D eigenvalue weighted by molar-refractivity contribution is 0.0595. The molecule has 0 amide bonds. The van der Waals surface area contributed by atoms with E-state index in [4.69, 9.17) is 17.3 Å². The molecule has 4 aliphatic rings. The van der Waals surface area contributed by atoms with Gasteiger partial charge in [0.05, 0.1) is 0 Å². The second-order valence-corrected chi connectivity index (χ2v) is 14.0. The molecule has 36 heavy (non-hydrogen) atoms. The van der Waals surface area contributed by atoms with E-state index >= 15 is 0 Å². The molecule has 0 spiro atoms. The van der Waals surface area contributed by atoms with E-state index in [1.807, 2.05) is 0 Å². The van der Waals surface area contributed by atoms with Crippen LogP contribution >= 0.6 is 11.6 Å². The average molecular weight is 516 g/mol. The summed E-state index contributed by atoms with van der Waals surface area (Å²) in [4.78, 5) is 2.75. The van der Waals surface area contributed by atoms with Crippen molar-refractivity contribution in [3.8, 4) is 0 Å². The maximum absolute atomic E-state index is 6.38. The number of hydrogen-bond donors (Lipinski definition) is 2. The minimum Gasteiger partial charge on any atom is -0.330 e. The SMILES string of the molecule is CC(C)[C@H](CN1CC[C@H](C2=CCC(Cl)CC2)C(C)(C)C1)NCC1C=C(C2=CCC(CN)CC2)CCC1. The van der Waals surface area contributed by atoms with E-state index in [9.17, 15) is 0 Å². The fourth-order valence-electron chi connectivity index (χ4n) is 7.37. The Bertz CT molecular complexity index is 810. The number of nitrogens with zero attached hydrogens (tertiary/aromatic N) is 1. The van der Waals surface area contributed by atoms with E-state index in [0.29, 0.717) is 34.6 Å². The normalized spacial score (nSPS) is 32.6. The van der Waals surface area contributed by atoms with Gasteiger partial charge in [0.1, 0.15) is 0 Å². The Balaban J connectivity index is 1.30. The van der Waals surface area contributed by atoms with Gasteiger partial charge in [-0.2, -0.15) is 0 Å². The molecular weight excluding hydrogens is 462 g/mol. The van der Waals surface area contributed by atoms with Crippen LogP contribution in [0.1, 0.15) is 91.9 Å². The van der Waals surface area contributed by atoms with Crippen LogP contribution in [0.5, 0.6) is 0 Å². The summed E-state index contributed by atoms with van der Waals surface area (Å²) in [5.41, 5.74) is 11.2. The summed E-state index contributed by atoms with van der Waals surface area (Å²) < 4.78 is 0. The second-order valence-electron chi connectivity index (χ2n) is 13.4. The fraction of sp³-hybridized carbons (Fsp3) is 0.812. The van der Waals surface area contributed by atoms with Gasteiger partial charge in [0, 0.05) is 31.1 Å². The number of hydrogen-bond acceptors (Lipinski definition) is 3. The van der Waals surface area contributed by atoms with Crippen LogP contribution in [0.4, 0.5) is 0 Å². The van der Waals surface area contributed by atoms with E-state index in [1.165, 1.54) is 71.0 Å².